The predicted molar refractivity (Wildman–Crippen MR) is 89.7 cm³/mol. The average Bonchev–Trinajstić information content (AvgIpc) is 2.50. The Balaban J connectivity index is 1.92. The fraction of sp³-hybridized carbons (Fsp3) is 0.235. The van der Waals surface area contributed by atoms with Crippen LogP contribution in [0, 0.1) is 5.82 Å². The first-order valence-corrected chi connectivity index (χ1v) is 7.51. The first-order valence-electron chi connectivity index (χ1n) is 7.13. The summed E-state index contributed by atoms with van der Waals surface area (Å²) in [6, 6.07) is 11.0. The molecule has 6 heteroatoms. The van der Waals surface area contributed by atoms with Gasteiger partial charge in [0.05, 0.1) is 12.8 Å². The van der Waals surface area contributed by atoms with Crippen molar-refractivity contribution in [2.45, 2.75) is 19.4 Å². The van der Waals surface area contributed by atoms with Gasteiger partial charge < -0.3 is 15.4 Å². The van der Waals surface area contributed by atoms with Crippen molar-refractivity contribution in [3.63, 3.8) is 0 Å². The van der Waals surface area contributed by atoms with Crippen molar-refractivity contribution < 1.29 is 13.9 Å². The molecule has 0 saturated carbocycles. The van der Waals surface area contributed by atoms with Crippen molar-refractivity contribution in [3.8, 4) is 5.75 Å². The molecule has 0 saturated heterocycles. The Kier molecular flexibility index (Phi) is 5.82. The van der Waals surface area contributed by atoms with Crippen LogP contribution < -0.4 is 15.4 Å². The van der Waals surface area contributed by atoms with Crippen molar-refractivity contribution in [2.24, 2.45) is 0 Å². The number of methoxy groups -OCH3 is 1. The van der Waals surface area contributed by atoms with E-state index in [1.807, 2.05) is 31.2 Å². The molecular formula is C17H18ClFN2O2. The lowest BCUT2D eigenvalue weighted by molar-refractivity contribution is 0.249. The smallest absolute Gasteiger partial charge is 0.319 e. The molecule has 0 heterocycles. The van der Waals surface area contributed by atoms with Crippen molar-refractivity contribution in [2.75, 3.05) is 12.4 Å². The van der Waals surface area contributed by atoms with Crippen LogP contribution in [0.4, 0.5) is 14.9 Å². The van der Waals surface area contributed by atoms with Crippen molar-refractivity contribution >= 4 is 23.3 Å². The highest BCUT2D eigenvalue weighted by Gasteiger charge is 2.11. The second-order valence-corrected chi connectivity index (χ2v) is 5.62. The van der Waals surface area contributed by atoms with Crippen LogP contribution in [0.3, 0.4) is 0 Å². The molecule has 1 atom stereocenters. The summed E-state index contributed by atoms with van der Waals surface area (Å²) in [5.74, 6) is 0.227. The molecule has 0 fully saturated rings. The molecule has 23 heavy (non-hydrogen) atoms. The number of urea groups is 1. The Hall–Kier alpha value is -2.27. The van der Waals surface area contributed by atoms with Gasteiger partial charge in [0.2, 0.25) is 0 Å². The summed E-state index contributed by atoms with van der Waals surface area (Å²) < 4.78 is 18.7. The molecule has 2 amide bonds. The van der Waals surface area contributed by atoms with E-state index in [9.17, 15) is 9.18 Å². The maximum Gasteiger partial charge on any atom is 0.319 e. The number of hydrogen-bond donors (Lipinski definition) is 2. The van der Waals surface area contributed by atoms with Gasteiger partial charge in [0, 0.05) is 11.1 Å². The highest BCUT2D eigenvalue weighted by atomic mass is 35.5. The van der Waals surface area contributed by atoms with E-state index in [2.05, 4.69) is 10.6 Å². The number of carbonyl (C=O) groups is 1. The zero-order chi connectivity index (χ0) is 16.8. The molecule has 4 nitrogen and oxygen atoms in total. The van der Waals surface area contributed by atoms with E-state index in [0.29, 0.717) is 11.4 Å². The van der Waals surface area contributed by atoms with Gasteiger partial charge >= 0.3 is 6.03 Å². The maximum absolute atomic E-state index is 13.6. The van der Waals surface area contributed by atoms with Gasteiger partial charge in [0.1, 0.15) is 11.6 Å². The molecule has 0 spiro atoms. The summed E-state index contributed by atoms with van der Waals surface area (Å²) in [5.41, 5.74) is 1.08. The van der Waals surface area contributed by atoms with Crippen molar-refractivity contribution in [3.05, 3.63) is 58.9 Å². The summed E-state index contributed by atoms with van der Waals surface area (Å²) >= 11 is 5.79. The second-order valence-electron chi connectivity index (χ2n) is 5.18. The summed E-state index contributed by atoms with van der Waals surface area (Å²) in [6.07, 6.45) is 0.628. The lowest BCUT2D eigenvalue weighted by Gasteiger charge is -2.15. The SMILES string of the molecule is COc1cccc(CC(C)NC(=O)Nc2cc(Cl)ccc2F)c1. The van der Waals surface area contributed by atoms with Crippen LogP contribution >= 0.6 is 11.6 Å². The van der Waals surface area contributed by atoms with Gasteiger partial charge in [-0.1, -0.05) is 23.7 Å². The summed E-state index contributed by atoms with van der Waals surface area (Å²) in [4.78, 5) is 11.9. The Labute approximate surface area is 139 Å². The largest absolute Gasteiger partial charge is 0.497 e. The van der Waals surface area contributed by atoms with E-state index in [1.165, 1.54) is 18.2 Å². The Bertz CT molecular complexity index is 694. The van der Waals surface area contributed by atoms with Crippen LogP contribution in [0.15, 0.2) is 42.5 Å². The molecule has 0 aliphatic heterocycles. The minimum absolute atomic E-state index is 0.0450. The van der Waals surface area contributed by atoms with Gasteiger partial charge in [-0.15, -0.1) is 0 Å². The van der Waals surface area contributed by atoms with E-state index in [1.54, 1.807) is 7.11 Å². The van der Waals surface area contributed by atoms with Crippen molar-refractivity contribution in [1.29, 1.82) is 0 Å². The van der Waals surface area contributed by atoms with Gasteiger partial charge in [-0.3, -0.25) is 0 Å². The number of ether oxygens (including phenoxy) is 1. The number of hydrogen-bond acceptors (Lipinski definition) is 2. The quantitative estimate of drug-likeness (QED) is 0.858. The first kappa shape index (κ1) is 17.1. The topological polar surface area (TPSA) is 50.4 Å². The maximum atomic E-state index is 13.6. The third kappa shape index (κ3) is 5.14. The van der Waals surface area contributed by atoms with E-state index in [4.69, 9.17) is 16.3 Å². The monoisotopic (exact) mass is 336 g/mol. The van der Waals surface area contributed by atoms with Gasteiger partial charge in [-0.2, -0.15) is 0 Å². The molecule has 0 radical (unpaired) electrons. The number of halogens is 2. The fourth-order valence-electron chi connectivity index (χ4n) is 2.18. The predicted octanol–water partition coefficient (Wildman–Crippen LogP) is 4.24. The minimum atomic E-state index is -0.537. The molecule has 2 N–H and O–H groups in total. The molecule has 2 aromatic rings. The zero-order valence-electron chi connectivity index (χ0n) is 12.9. The molecule has 2 rings (SSSR count). The second kappa shape index (κ2) is 7.83. The summed E-state index contributed by atoms with van der Waals surface area (Å²) in [6.45, 7) is 1.87. The number of nitrogens with one attached hydrogen (secondary N) is 2. The highest BCUT2D eigenvalue weighted by Crippen LogP contribution is 2.19. The zero-order valence-corrected chi connectivity index (χ0v) is 13.7. The molecule has 0 aromatic heterocycles. The standard InChI is InChI=1S/C17H18ClFN2O2/c1-11(8-12-4-3-5-14(9-12)23-2)20-17(22)21-16-10-13(18)6-7-15(16)19/h3-7,9-11H,8H2,1-2H3,(H2,20,21,22). The molecule has 122 valence electrons. The Morgan fingerprint density at radius 3 is 2.83 bits per heavy atom. The van der Waals surface area contributed by atoms with Gasteiger partial charge in [0.15, 0.2) is 0 Å². The number of benzene rings is 2. The number of carbonyl (C=O) groups excluding carboxylic acids is 1. The lowest BCUT2D eigenvalue weighted by Crippen LogP contribution is -2.37. The van der Waals surface area contributed by atoms with E-state index < -0.39 is 11.8 Å². The number of amides is 2. The molecular weight excluding hydrogens is 319 g/mol. The van der Waals surface area contributed by atoms with Crippen LogP contribution in [0.1, 0.15) is 12.5 Å². The Morgan fingerprint density at radius 1 is 1.30 bits per heavy atom. The van der Waals surface area contributed by atoms with Crippen LogP contribution in [0.2, 0.25) is 5.02 Å². The van der Waals surface area contributed by atoms with Crippen molar-refractivity contribution in [1.82, 2.24) is 5.32 Å². The minimum Gasteiger partial charge on any atom is -0.497 e. The van der Waals surface area contributed by atoms with E-state index in [-0.39, 0.29) is 11.7 Å². The van der Waals surface area contributed by atoms with Crippen LogP contribution in [0.5, 0.6) is 5.75 Å². The summed E-state index contributed by atoms with van der Waals surface area (Å²) in [7, 11) is 1.60. The highest BCUT2D eigenvalue weighted by molar-refractivity contribution is 6.30. The molecule has 0 bridgehead atoms. The van der Waals surface area contributed by atoms with Crippen LogP contribution in [-0.2, 0) is 6.42 Å². The lowest BCUT2D eigenvalue weighted by atomic mass is 10.1. The third-order valence-corrected chi connectivity index (χ3v) is 3.47. The molecule has 0 aliphatic carbocycles. The fourth-order valence-corrected chi connectivity index (χ4v) is 2.35. The van der Waals surface area contributed by atoms with Gasteiger partial charge in [-0.05, 0) is 49.2 Å². The third-order valence-electron chi connectivity index (χ3n) is 3.23. The number of anilines is 1. The Morgan fingerprint density at radius 2 is 2.09 bits per heavy atom. The van der Waals surface area contributed by atoms with E-state index in [0.717, 1.165) is 11.3 Å². The number of rotatable bonds is 5. The van der Waals surface area contributed by atoms with Gasteiger partial charge in [-0.25, -0.2) is 9.18 Å². The molecule has 1 unspecified atom stereocenters. The molecule has 2 aromatic carbocycles. The normalized spacial score (nSPS) is 11.7. The van der Waals surface area contributed by atoms with Gasteiger partial charge in [0.25, 0.3) is 0 Å². The van der Waals surface area contributed by atoms with Crippen LogP contribution in [-0.4, -0.2) is 19.2 Å². The summed E-state index contributed by atoms with van der Waals surface area (Å²) in [5, 5.41) is 5.57. The molecule has 0 aliphatic rings. The van der Waals surface area contributed by atoms with E-state index >= 15 is 0 Å². The average molecular weight is 337 g/mol. The van der Waals surface area contributed by atoms with Crippen LogP contribution in [0.25, 0.3) is 0 Å². The first-order chi connectivity index (χ1) is 11.0.